The van der Waals surface area contributed by atoms with E-state index in [-0.39, 0.29) is 22.6 Å². The van der Waals surface area contributed by atoms with Gasteiger partial charge in [-0.2, -0.15) is 13.2 Å². The highest BCUT2D eigenvalue weighted by atomic mass is 32.1. The molecule has 0 aliphatic heterocycles. The molecule has 0 bridgehead atoms. The van der Waals surface area contributed by atoms with E-state index in [0.29, 0.717) is 24.2 Å². The van der Waals surface area contributed by atoms with Gasteiger partial charge in [-0.3, -0.25) is 4.79 Å². The molecule has 1 aliphatic rings. The maximum absolute atomic E-state index is 12.3. The molecule has 94 valence electrons. The monoisotopic (exact) mass is 264 g/mol. The topological polar surface area (TPSA) is 56.0 Å². The number of Topliss-reactive ketones (excluding diaryl/α,β-unsaturated/α-hetero) is 1. The Hall–Kier alpha value is -0.950. The van der Waals surface area contributed by atoms with E-state index in [2.05, 4.69) is 4.98 Å². The van der Waals surface area contributed by atoms with Crippen LogP contribution >= 0.6 is 11.3 Å². The second-order valence-electron chi connectivity index (χ2n) is 4.16. The summed E-state index contributed by atoms with van der Waals surface area (Å²) in [4.78, 5) is 15.2. The molecule has 2 atom stereocenters. The summed E-state index contributed by atoms with van der Waals surface area (Å²) in [6.07, 6.45) is -1.51. The number of thiazole rings is 1. The normalized spacial score (nSPS) is 25.2. The third-order valence-electron chi connectivity index (χ3n) is 2.84. The summed E-state index contributed by atoms with van der Waals surface area (Å²) in [5.41, 5.74) is 5.67. The van der Waals surface area contributed by atoms with Crippen LogP contribution in [0.4, 0.5) is 13.2 Å². The Bertz CT molecular complexity index is 429. The van der Waals surface area contributed by atoms with Gasteiger partial charge in [0.15, 0.2) is 10.8 Å². The zero-order chi connectivity index (χ0) is 12.6. The number of carbonyl (C=O) groups is 1. The number of carbonyl (C=O) groups excluding carboxylic acids is 1. The highest BCUT2D eigenvalue weighted by Gasteiger charge is 2.36. The molecule has 17 heavy (non-hydrogen) atoms. The Morgan fingerprint density at radius 1 is 1.47 bits per heavy atom. The smallest absolute Gasteiger partial charge is 0.328 e. The molecule has 2 unspecified atom stereocenters. The molecular formula is C10H11F3N2OS. The van der Waals surface area contributed by atoms with Crippen molar-refractivity contribution < 1.29 is 18.0 Å². The average molecular weight is 264 g/mol. The predicted octanol–water partition coefficient (Wildman–Crippen LogP) is 2.47. The van der Waals surface area contributed by atoms with E-state index in [9.17, 15) is 18.0 Å². The average Bonchev–Trinajstić information content (AvgIpc) is 2.83. The lowest BCUT2D eigenvalue weighted by atomic mass is 10.0. The Morgan fingerprint density at radius 2 is 2.18 bits per heavy atom. The molecule has 0 radical (unpaired) electrons. The van der Waals surface area contributed by atoms with Crippen LogP contribution in [0.25, 0.3) is 0 Å². The van der Waals surface area contributed by atoms with Gasteiger partial charge in [0.05, 0.1) is 4.88 Å². The molecular weight excluding hydrogens is 253 g/mol. The van der Waals surface area contributed by atoms with Crippen molar-refractivity contribution in [2.24, 2.45) is 11.7 Å². The molecule has 3 nitrogen and oxygen atoms in total. The number of hydrogen-bond acceptors (Lipinski definition) is 4. The number of rotatable bonds is 2. The molecule has 1 heterocycles. The van der Waals surface area contributed by atoms with Crippen molar-refractivity contribution in [1.82, 2.24) is 4.98 Å². The van der Waals surface area contributed by atoms with Crippen molar-refractivity contribution in [1.29, 1.82) is 0 Å². The number of nitrogens with zero attached hydrogens (tertiary/aromatic N) is 1. The van der Waals surface area contributed by atoms with Gasteiger partial charge in [0, 0.05) is 18.2 Å². The summed E-state index contributed by atoms with van der Waals surface area (Å²) in [5.74, 6) is -0.502. The van der Waals surface area contributed by atoms with Crippen LogP contribution in [0.5, 0.6) is 0 Å². The molecule has 1 saturated carbocycles. The molecule has 2 N–H and O–H groups in total. The molecule has 1 aromatic heterocycles. The second kappa shape index (κ2) is 4.38. The summed E-state index contributed by atoms with van der Waals surface area (Å²) in [7, 11) is 0. The highest BCUT2D eigenvalue weighted by Crippen LogP contribution is 2.35. The van der Waals surface area contributed by atoms with Gasteiger partial charge in [0.2, 0.25) is 0 Å². The lowest BCUT2D eigenvalue weighted by Crippen LogP contribution is -2.17. The van der Waals surface area contributed by atoms with Crippen LogP contribution in [0.15, 0.2) is 6.20 Å². The van der Waals surface area contributed by atoms with Crippen LogP contribution in [0, 0.1) is 5.92 Å². The molecule has 1 fully saturated rings. The maximum Gasteiger partial charge on any atom is 0.443 e. The maximum atomic E-state index is 12.3. The van der Waals surface area contributed by atoms with Crippen LogP contribution < -0.4 is 5.73 Å². The number of aromatic nitrogens is 1. The van der Waals surface area contributed by atoms with E-state index < -0.39 is 11.2 Å². The minimum absolute atomic E-state index is 0.0149. The number of ketones is 1. The summed E-state index contributed by atoms with van der Waals surface area (Å²) in [5, 5.41) is -0.969. The Morgan fingerprint density at radius 3 is 2.65 bits per heavy atom. The minimum Gasteiger partial charge on any atom is -0.328 e. The molecule has 0 aromatic carbocycles. The van der Waals surface area contributed by atoms with E-state index in [1.54, 1.807) is 0 Å². The van der Waals surface area contributed by atoms with Gasteiger partial charge in [0.1, 0.15) is 0 Å². The fourth-order valence-corrected chi connectivity index (χ4v) is 2.78. The lowest BCUT2D eigenvalue weighted by molar-refractivity contribution is -0.137. The number of nitrogens with two attached hydrogens (primary N) is 1. The van der Waals surface area contributed by atoms with E-state index in [1.807, 2.05) is 0 Å². The first-order valence-electron chi connectivity index (χ1n) is 5.20. The summed E-state index contributed by atoms with van der Waals surface area (Å²) >= 11 is 0.410. The zero-order valence-electron chi connectivity index (χ0n) is 8.83. The Kier molecular flexibility index (Phi) is 3.22. The molecule has 1 aliphatic carbocycles. The van der Waals surface area contributed by atoms with Gasteiger partial charge in [0.25, 0.3) is 0 Å². The number of halogens is 3. The minimum atomic E-state index is -4.48. The number of alkyl halides is 3. The Balaban J connectivity index is 2.13. The van der Waals surface area contributed by atoms with Crippen molar-refractivity contribution >= 4 is 17.1 Å². The summed E-state index contributed by atoms with van der Waals surface area (Å²) in [6, 6.07) is -0.0149. The van der Waals surface area contributed by atoms with Gasteiger partial charge < -0.3 is 5.73 Å². The second-order valence-corrected chi connectivity index (χ2v) is 5.19. The van der Waals surface area contributed by atoms with E-state index >= 15 is 0 Å². The van der Waals surface area contributed by atoms with Crippen molar-refractivity contribution in [2.75, 3.05) is 0 Å². The zero-order valence-corrected chi connectivity index (χ0v) is 9.64. The molecule has 2 rings (SSSR count). The number of hydrogen-bond donors (Lipinski definition) is 1. The fourth-order valence-electron chi connectivity index (χ4n) is 1.97. The van der Waals surface area contributed by atoms with Gasteiger partial charge >= 0.3 is 6.18 Å². The van der Waals surface area contributed by atoms with Crippen LogP contribution in [0.3, 0.4) is 0 Å². The van der Waals surface area contributed by atoms with Crippen molar-refractivity contribution in [3.63, 3.8) is 0 Å². The highest BCUT2D eigenvalue weighted by molar-refractivity contribution is 7.13. The van der Waals surface area contributed by atoms with Crippen molar-refractivity contribution in [3.05, 3.63) is 16.1 Å². The van der Waals surface area contributed by atoms with E-state index in [0.717, 1.165) is 12.6 Å². The predicted molar refractivity (Wildman–Crippen MR) is 56.8 cm³/mol. The summed E-state index contributed by atoms with van der Waals surface area (Å²) < 4.78 is 37.0. The van der Waals surface area contributed by atoms with E-state index in [4.69, 9.17) is 5.73 Å². The molecule has 7 heteroatoms. The summed E-state index contributed by atoms with van der Waals surface area (Å²) in [6.45, 7) is 0. The standard InChI is InChI=1S/C10H11F3N2OS/c11-10(12,13)9-15-4-7(17-9)8(16)5-1-2-6(14)3-5/h4-6H,1-3,14H2. The Labute approximate surface area is 99.8 Å². The quantitative estimate of drug-likeness (QED) is 0.835. The van der Waals surface area contributed by atoms with Crippen molar-refractivity contribution in [3.8, 4) is 0 Å². The van der Waals surface area contributed by atoms with Crippen LogP contribution in [0.1, 0.15) is 33.9 Å². The van der Waals surface area contributed by atoms with Crippen LogP contribution in [-0.4, -0.2) is 16.8 Å². The van der Waals surface area contributed by atoms with Gasteiger partial charge in [-0.05, 0) is 19.3 Å². The van der Waals surface area contributed by atoms with Gasteiger partial charge in [-0.1, -0.05) is 0 Å². The lowest BCUT2D eigenvalue weighted by Gasteiger charge is -2.05. The SMILES string of the molecule is NC1CCC(C(=O)c2cnc(C(F)(F)F)s2)C1. The molecule has 0 amide bonds. The molecule has 0 spiro atoms. The third kappa shape index (κ3) is 2.66. The van der Waals surface area contributed by atoms with Crippen LogP contribution in [-0.2, 0) is 6.18 Å². The van der Waals surface area contributed by atoms with Crippen LogP contribution in [0.2, 0.25) is 0 Å². The first kappa shape index (κ1) is 12.5. The van der Waals surface area contributed by atoms with E-state index in [1.165, 1.54) is 0 Å². The van der Waals surface area contributed by atoms with Gasteiger partial charge in [-0.15, -0.1) is 11.3 Å². The molecule has 0 saturated heterocycles. The first-order chi connectivity index (χ1) is 7.88. The van der Waals surface area contributed by atoms with Crippen molar-refractivity contribution in [2.45, 2.75) is 31.5 Å². The first-order valence-corrected chi connectivity index (χ1v) is 6.02. The molecule has 1 aromatic rings. The fraction of sp³-hybridized carbons (Fsp3) is 0.600. The largest absolute Gasteiger partial charge is 0.443 e. The third-order valence-corrected chi connectivity index (χ3v) is 3.89. The van der Waals surface area contributed by atoms with Gasteiger partial charge in [-0.25, -0.2) is 4.98 Å².